The van der Waals surface area contributed by atoms with Gasteiger partial charge in [0.2, 0.25) is 11.8 Å². The van der Waals surface area contributed by atoms with Gasteiger partial charge in [-0.2, -0.15) is 0 Å². The Kier molecular flexibility index (Phi) is 7.15. The molecule has 0 radical (unpaired) electrons. The van der Waals surface area contributed by atoms with Gasteiger partial charge in [-0.1, -0.05) is 12.1 Å². The van der Waals surface area contributed by atoms with Gasteiger partial charge in [0, 0.05) is 32.6 Å². The lowest BCUT2D eigenvalue weighted by atomic mass is 9.96. The van der Waals surface area contributed by atoms with Crippen molar-refractivity contribution in [1.82, 2.24) is 15.1 Å². The first kappa shape index (κ1) is 19.9. The maximum Gasteiger partial charge on any atom is 0.337 e. The molecule has 1 atom stereocenters. The number of methoxy groups -OCH3 is 1. The van der Waals surface area contributed by atoms with Crippen molar-refractivity contribution in [1.29, 1.82) is 0 Å². The number of amides is 2. The van der Waals surface area contributed by atoms with Crippen LogP contribution in [0.4, 0.5) is 0 Å². The van der Waals surface area contributed by atoms with E-state index in [0.29, 0.717) is 38.0 Å². The summed E-state index contributed by atoms with van der Waals surface area (Å²) < 4.78 is 4.66. The van der Waals surface area contributed by atoms with Crippen LogP contribution in [-0.2, 0) is 20.9 Å². The third-order valence-electron chi connectivity index (χ3n) is 4.53. The summed E-state index contributed by atoms with van der Waals surface area (Å²) in [5.74, 6) is -0.479. The molecule has 1 aliphatic rings. The highest BCUT2D eigenvalue weighted by atomic mass is 16.5. The lowest BCUT2D eigenvalue weighted by Crippen LogP contribution is -2.47. The molecule has 0 spiro atoms. The molecule has 1 heterocycles. The number of likely N-dealkylation sites (tertiary alicyclic amines) is 1. The standard InChI is InChI=1S/C19H27N3O4/c1-21(2)10-11-22-13-16(8-9-17(22)23)18(24)20-12-14-4-6-15(7-5-14)19(25)26-3/h4-7,16H,8-13H2,1-3H3,(H,20,24). The monoisotopic (exact) mass is 361 g/mol. The fraction of sp³-hybridized carbons (Fsp3) is 0.526. The Balaban J connectivity index is 1.85. The molecule has 1 unspecified atom stereocenters. The summed E-state index contributed by atoms with van der Waals surface area (Å²) in [6, 6.07) is 6.94. The summed E-state index contributed by atoms with van der Waals surface area (Å²) in [5.41, 5.74) is 1.38. The van der Waals surface area contributed by atoms with Gasteiger partial charge >= 0.3 is 5.97 Å². The summed E-state index contributed by atoms with van der Waals surface area (Å²) >= 11 is 0. The molecule has 1 fully saturated rings. The van der Waals surface area contributed by atoms with Gasteiger partial charge in [0.15, 0.2) is 0 Å². The van der Waals surface area contributed by atoms with Crippen LogP contribution < -0.4 is 5.32 Å². The zero-order valence-electron chi connectivity index (χ0n) is 15.7. The highest BCUT2D eigenvalue weighted by molar-refractivity contribution is 5.89. The molecule has 142 valence electrons. The highest BCUT2D eigenvalue weighted by Gasteiger charge is 2.29. The van der Waals surface area contributed by atoms with E-state index in [1.165, 1.54) is 7.11 Å². The molecule has 1 aliphatic heterocycles. The van der Waals surface area contributed by atoms with Gasteiger partial charge in [-0.05, 0) is 38.2 Å². The van der Waals surface area contributed by atoms with Crippen LogP contribution in [-0.4, -0.2) is 68.4 Å². The Bertz CT molecular complexity index is 643. The molecule has 0 saturated carbocycles. The molecule has 1 aromatic rings. The minimum absolute atomic E-state index is 0.0376. The van der Waals surface area contributed by atoms with Gasteiger partial charge in [0.25, 0.3) is 0 Å². The number of piperidine rings is 1. The predicted molar refractivity (Wildman–Crippen MR) is 97.5 cm³/mol. The van der Waals surface area contributed by atoms with Crippen LogP contribution in [0.25, 0.3) is 0 Å². The minimum atomic E-state index is -0.384. The van der Waals surface area contributed by atoms with Crippen LogP contribution in [0.5, 0.6) is 0 Å². The van der Waals surface area contributed by atoms with E-state index in [2.05, 4.69) is 10.1 Å². The molecule has 1 N–H and O–H groups in total. The van der Waals surface area contributed by atoms with Crippen molar-refractivity contribution in [2.24, 2.45) is 5.92 Å². The summed E-state index contributed by atoms with van der Waals surface area (Å²) in [4.78, 5) is 39.7. The van der Waals surface area contributed by atoms with Gasteiger partial charge in [0.1, 0.15) is 0 Å². The van der Waals surface area contributed by atoms with Gasteiger partial charge in [0.05, 0.1) is 18.6 Å². The molecule has 0 aromatic heterocycles. The number of nitrogens with one attached hydrogen (secondary N) is 1. The topological polar surface area (TPSA) is 78.9 Å². The average Bonchev–Trinajstić information content (AvgIpc) is 2.65. The fourth-order valence-corrected chi connectivity index (χ4v) is 2.88. The largest absolute Gasteiger partial charge is 0.465 e. The molecule has 1 aromatic carbocycles. The maximum atomic E-state index is 12.4. The fourth-order valence-electron chi connectivity index (χ4n) is 2.88. The van der Waals surface area contributed by atoms with Crippen molar-refractivity contribution >= 4 is 17.8 Å². The van der Waals surface area contributed by atoms with E-state index in [-0.39, 0.29) is 23.7 Å². The average molecular weight is 361 g/mol. The number of hydrogen-bond acceptors (Lipinski definition) is 5. The molecule has 7 heteroatoms. The summed E-state index contributed by atoms with van der Waals surface area (Å²) in [6.45, 7) is 2.29. The molecule has 2 rings (SSSR count). The lowest BCUT2D eigenvalue weighted by molar-refractivity contribution is -0.138. The number of carbonyl (C=O) groups excluding carboxylic acids is 3. The number of benzene rings is 1. The molecule has 0 aliphatic carbocycles. The van der Waals surface area contributed by atoms with Gasteiger partial charge < -0.3 is 19.9 Å². The zero-order valence-corrected chi connectivity index (χ0v) is 15.7. The number of hydrogen-bond donors (Lipinski definition) is 1. The van der Waals surface area contributed by atoms with Crippen LogP contribution in [0.1, 0.15) is 28.8 Å². The van der Waals surface area contributed by atoms with Crippen molar-refractivity contribution in [3.63, 3.8) is 0 Å². The number of likely N-dealkylation sites (N-methyl/N-ethyl adjacent to an activating group) is 1. The predicted octanol–water partition coefficient (Wildman–Crippen LogP) is 0.890. The Morgan fingerprint density at radius 2 is 1.96 bits per heavy atom. The van der Waals surface area contributed by atoms with Crippen LogP contribution in [0.15, 0.2) is 24.3 Å². The molecule has 7 nitrogen and oxygen atoms in total. The number of esters is 1. The van der Waals surface area contributed by atoms with E-state index in [9.17, 15) is 14.4 Å². The van der Waals surface area contributed by atoms with Crippen molar-refractivity contribution in [3.8, 4) is 0 Å². The number of ether oxygens (including phenoxy) is 1. The SMILES string of the molecule is COC(=O)c1ccc(CNC(=O)C2CCC(=O)N(CCN(C)C)C2)cc1. The van der Waals surface area contributed by atoms with E-state index in [1.54, 1.807) is 29.2 Å². The molecule has 0 bridgehead atoms. The van der Waals surface area contributed by atoms with Crippen molar-refractivity contribution in [2.45, 2.75) is 19.4 Å². The normalized spacial score (nSPS) is 17.3. The third-order valence-corrected chi connectivity index (χ3v) is 4.53. The Morgan fingerprint density at radius 1 is 1.27 bits per heavy atom. The van der Waals surface area contributed by atoms with Crippen LogP contribution in [0.3, 0.4) is 0 Å². The number of rotatable bonds is 7. The van der Waals surface area contributed by atoms with E-state index >= 15 is 0 Å². The Hall–Kier alpha value is -2.41. The second kappa shape index (κ2) is 9.33. The molecule has 26 heavy (non-hydrogen) atoms. The van der Waals surface area contributed by atoms with E-state index in [1.807, 2.05) is 19.0 Å². The molecular formula is C19H27N3O4. The second-order valence-corrected chi connectivity index (χ2v) is 6.78. The molecule has 1 saturated heterocycles. The first-order valence-corrected chi connectivity index (χ1v) is 8.78. The van der Waals surface area contributed by atoms with E-state index in [0.717, 1.165) is 12.1 Å². The van der Waals surface area contributed by atoms with Gasteiger partial charge in [-0.3, -0.25) is 9.59 Å². The Labute approximate surface area is 154 Å². The smallest absolute Gasteiger partial charge is 0.337 e. The summed E-state index contributed by atoms with van der Waals surface area (Å²) in [7, 11) is 5.27. The van der Waals surface area contributed by atoms with E-state index in [4.69, 9.17) is 0 Å². The van der Waals surface area contributed by atoms with Crippen LogP contribution >= 0.6 is 0 Å². The van der Waals surface area contributed by atoms with Gasteiger partial charge in [-0.15, -0.1) is 0 Å². The molecular weight excluding hydrogens is 334 g/mol. The van der Waals surface area contributed by atoms with Crippen LogP contribution in [0, 0.1) is 5.92 Å². The summed E-state index contributed by atoms with van der Waals surface area (Å²) in [5, 5.41) is 2.93. The van der Waals surface area contributed by atoms with Crippen molar-refractivity contribution < 1.29 is 19.1 Å². The maximum absolute atomic E-state index is 12.4. The highest BCUT2D eigenvalue weighted by Crippen LogP contribution is 2.18. The summed E-state index contributed by atoms with van der Waals surface area (Å²) in [6.07, 6.45) is 1.00. The second-order valence-electron chi connectivity index (χ2n) is 6.78. The lowest BCUT2D eigenvalue weighted by Gasteiger charge is -2.32. The molecule has 2 amide bonds. The van der Waals surface area contributed by atoms with Crippen molar-refractivity contribution in [3.05, 3.63) is 35.4 Å². The first-order chi connectivity index (χ1) is 12.4. The quantitative estimate of drug-likeness (QED) is 0.730. The van der Waals surface area contributed by atoms with Gasteiger partial charge in [-0.25, -0.2) is 4.79 Å². The number of carbonyl (C=O) groups is 3. The minimum Gasteiger partial charge on any atom is -0.465 e. The first-order valence-electron chi connectivity index (χ1n) is 8.78. The van der Waals surface area contributed by atoms with Crippen LogP contribution in [0.2, 0.25) is 0 Å². The zero-order chi connectivity index (χ0) is 19.1. The third kappa shape index (κ3) is 5.56. The Morgan fingerprint density at radius 3 is 2.58 bits per heavy atom. The number of nitrogens with zero attached hydrogens (tertiary/aromatic N) is 2. The van der Waals surface area contributed by atoms with Crippen molar-refractivity contribution in [2.75, 3.05) is 40.8 Å². The van der Waals surface area contributed by atoms with E-state index < -0.39 is 0 Å².